The molecule has 128 valence electrons. The number of benzene rings is 2. The molecule has 0 radical (unpaired) electrons. The summed E-state index contributed by atoms with van der Waals surface area (Å²) in [5, 5.41) is 10.9. The van der Waals surface area contributed by atoms with E-state index in [1.807, 2.05) is 30.3 Å². The van der Waals surface area contributed by atoms with Crippen molar-refractivity contribution in [2.45, 2.75) is 19.4 Å². The minimum Gasteiger partial charge on any atom is -0.497 e. The molecular weight excluding hydrogens is 318 g/mol. The van der Waals surface area contributed by atoms with Crippen LogP contribution in [0.2, 0.25) is 0 Å². The summed E-state index contributed by atoms with van der Waals surface area (Å²) in [6.07, 6.45) is 0.554. The first-order chi connectivity index (χ1) is 12.2. The smallest absolute Gasteiger partial charge is 0.252 e. The first-order valence-electron chi connectivity index (χ1n) is 7.94. The van der Waals surface area contributed by atoms with E-state index in [9.17, 15) is 4.79 Å². The number of nitrogens with zero attached hydrogens (tertiary/aromatic N) is 2. The van der Waals surface area contributed by atoms with Gasteiger partial charge in [-0.2, -0.15) is 0 Å². The Labute approximate surface area is 145 Å². The van der Waals surface area contributed by atoms with E-state index in [2.05, 4.69) is 15.5 Å². The average Bonchev–Trinajstić information content (AvgIpc) is 3.08. The molecule has 0 spiro atoms. The van der Waals surface area contributed by atoms with Gasteiger partial charge in [-0.1, -0.05) is 36.4 Å². The highest BCUT2D eigenvalue weighted by molar-refractivity contribution is 5.94. The Bertz CT molecular complexity index is 846. The van der Waals surface area contributed by atoms with Crippen LogP contribution >= 0.6 is 0 Å². The Morgan fingerprint density at radius 1 is 1.16 bits per heavy atom. The third kappa shape index (κ3) is 4.23. The molecule has 6 heteroatoms. The average molecular weight is 337 g/mol. The zero-order valence-electron chi connectivity index (χ0n) is 14.1. The summed E-state index contributed by atoms with van der Waals surface area (Å²) in [6, 6.07) is 16.4. The van der Waals surface area contributed by atoms with E-state index in [1.54, 1.807) is 38.3 Å². The van der Waals surface area contributed by atoms with Crippen LogP contribution in [0.15, 0.2) is 59.0 Å². The topological polar surface area (TPSA) is 77.2 Å². The lowest BCUT2D eigenvalue weighted by Crippen LogP contribution is -2.30. The molecule has 0 fully saturated rings. The molecule has 3 aromatic rings. The normalized spacial score (nSPS) is 11.8. The van der Waals surface area contributed by atoms with Crippen LogP contribution in [0.3, 0.4) is 0 Å². The molecule has 0 aliphatic carbocycles. The molecule has 3 rings (SSSR count). The van der Waals surface area contributed by atoms with Crippen LogP contribution in [-0.2, 0) is 6.42 Å². The van der Waals surface area contributed by atoms with Crippen molar-refractivity contribution in [3.05, 3.63) is 77.5 Å². The first-order valence-corrected chi connectivity index (χ1v) is 7.94. The highest BCUT2D eigenvalue weighted by atomic mass is 16.5. The summed E-state index contributed by atoms with van der Waals surface area (Å²) in [7, 11) is 1.57. The number of hydrogen-bond donors (Lipinski definition) is 1. The molecule has 1 N–H and O–H groups in total. The molecule has 1 aromatic heterocycles. The molecule has 1 amide bonds. The third-order valence-corrected chi connectivity index (χ3v) is 3.76. The lowest BCUT2D eigenvalue weighted by atomic mass is 10.1. The molecule has 2 aromatic carbocycles. The lowest BCUT2D eigenvalue weighted by molar-refractivity contribution is 0.0929. The van der Waals surface area contributed by atoms with Crippen molar-refractivity contribution in [2.75, 3.05) is 7.11 Å². The van der Waals surface area contributed by atoms with E-state index < -0.39 is 6.04 Å². The van der Waals surface area contributed by atoms with Gasteiger partial charge in [0, 0.05) is 18.9 Å². The van der Waals surface area contributed by atoms with Crippen molar-refractivity contribution in [3.8, 4) is 5.75 Å². The fourth-order valence-electron chi connectivity index (χ4n) is 2.51. The highest BCUT2D eigenvalue weighted by Gasteiger charge is 2.21. The Morgan fingerprint density at radius 2 is 1.96 bits per heavy atom. The van der Waals surface area contributed by atoms with Crippen LogP contribution < -0.4 is 10.1 Å². The second-order valence-electron chi connectivity index (χ2n) is 5.61. The minimum atomic E-state index is -0.415. The number of methoxy groups -OCH3 is 1. The first kappa shape index (κ1) is 16.7. The molecule has 0 bridgehead atoms. The van der Waals surface area contributed by atoms with Crippen molar-refractivity contribution in [2.24, 2.45) is 0 Å². The van der Waals surface area contributed by atoms with E-state index in [0.29, 0.717) is 29.5 Å². The largest absolute Gasteiger partial charge is 0.497 e. The molecule has 25 heavy (non-hydrogen) atoms. The van der Waals surface area contributed by atoms with Crippen LogP contribution in [0, 0.1) is 6.92 Å². The summed E-state index contributed by atoms with van der Waals surface area (Å²) in [5.41, 5.74) is 1.57. The van der Waals surface area contributed by atoms with Gasteiger partial charge >= 0.3 is 0 Å². The summed E-state index contributed by atoms with van der Waals surface area (Å²) in [4.78, 5) is 12.6. The van der Waals surface area contributed by atoms with E-state index >= 15 is 0 Å². The van der Waals surface area contributed by atoms with Gasteiger partial charge in [0.1, 0.15) is 11.8 Å². The summed E-state index contributed by atoms with van der Waals surface area (Å²) < 4.78 is 10.7. The van der Waals surface area contributed by atoms with E-state index in [1.165, 1.54) is 0 Å². The fraction of sp³-hybridized carbons (Fsp3) is 0.211. The van der Waals surface area contributed by atoms with E-state index in [0.717, 1.165) is 5.56 Å². The van der Waals surface area contributed by atoms with Gasteiger partial charge in [0.15, 0.2) is 0 Å². The number of carbonyl (C=O) groups is 1. The quantitative estimate of drug-likeness (QED) is 0.748. The second kappa shape index (κ2) is 7.61. The Balaban J connectivity index is 1.82. The van der Waals surface area contributed by atoms with Crippen molar-refractivity contribution in [1.29, 1.82) is 0 Å². The zero-order valence-corrected chi connectivity index (χ0v) is 14.1. The maximum Gasteiger partial charge on any atom is 0.252 e. The van der Waals surface area contributed by atoms with E-state index in [4.69, 9.17) is 9.15 Å². The van der Waals surface area contributed by atoms with Crippen LogP contribution in [0.4, 0.5) is 0 Å². The van der Waals surface area contributed by atoms with E-state index in [-0.39, 0.29) is 5.91 Å². The molecule has 0 saturated carbocycles. The Hall–Kier alpha value is -3.15. The highest BCUT2D eigenvalue weighted by Crippen LogP contribution is 2.19. The summed E-state index contributed by atoms with van der Waals surface area (Å²) in [6.45, 7) is 1.72. The molecule has 0 aliphatic rings. The predicted molar refractivity (Wildman–Crippen MR) is 92.4 cm³/mol. The van der Waals surface area contributed by atoms with Crippen LogP contribution in [0.5, 0.6) is 5.75 Å². The standard InChI is InChI=1S/C19H19N3O3/c1-13-21-22-19(25-13)17(11-14-7-4-3-5-8-14)20-18(23)15-9-6-10-16(12-15)24-2/h3-10,12,17H,11H2,1-2H3,(H,20,23). The number of ether oxygens (including phenoxy) is 1. The number of rotatable bonds is 6. The van der Waals surface area contributed by atoms with Gasteiger partial charge in [0.05, 0.1) is 7.11 Å². The van der Waals surface area contributed by atoms with Gasteiger partial charge < -0.3 is 14.5 Å². The lowest BCUT2D eigenvalue weighted by Gasteiger charge is -2.16. The zero-order chi connectivity index (χ0) is 17.6. The van der Waals surface area contributed by atoms with Gasteiger partial charge in [0.2, 0.25) is 11.8 Å². The van der Waals surface area contributed by atoms with Gasteiger partial charge in [0.25, 0.3) is 5.91 Å². The minimum absolute atomic E-state index is 0.226. The number of aryl methyl sites for hydroxylation is 1. The Kier molecular flexibility index (Phi) is 5.09. The van der Waals surface area contributed by atoms with Crippen LogP contribution in [0.25, 0.3) is 0 Å². The van der Waals surface area contributed by atoms with Gasteiger partial charge in [-0.05, 0) is 23.8 Å². The van der Waals surface area contributed by atoms with Crippen molar-refractivity contribution >= 4 is 5.91 Å². The molecule has 1 heterocycles. The van der Waals surface area contributed by atoms with Gasteiger partial charge in [-0.15, -0.1) is 10.2 Å². The monoisotopic (exact) mass is 337 g/mol. The number of hydrogen-bond acceptors (Lipinski definition) is 5. The predicted octanol–water partition coefficient (Wildman–Crippen LogP) is 3.10. The molecular formula is C19H19N3O3. The number of amides is 1. The number of nitrogens with one attached hydrogen (secondary N) is 1. The number of carbonyl (C=O) groups excluding carboxylic acids is 1. The van der Waals surface area contributed by atoms with Crippen molar-refractivity contribution in [1.82, 2.24) is 15.5 Å². The fourth-order valence-corrected chi connectivity index (χ4v) is 2.51. The number of aromatic nitrogens is 2. The molecule has 0 aliphatic heterocycles. The molecule has 1 unspecified atom stereocenters. The SMILES string of the molecule is COc1cccc(C(=O)NC(Cc2ccccc2)c2nnc(C)o2)c1. The van der Waals surface area contributed by atoms with Crippen molar-refractivity contribution in [3.63, 3.8) is 0 Å². The molecule has 0 saturated heterocycles. The molecule has 1 atom stereocenters. The third-order valence-electron chi connectivity index (χ3n) is 3.76. The van der Waals surface area contributed by atoms with Gasteiger partial charge in [-0.3, -0.25) is 4.79 Å². The van der Waals surface area contributed by atoms with Crippen LogP contribution in [0.1, 0.15) is 33.7 Å². The summed E-state index contributed by atoms with van der Waals surface area (Å²) in [5.74, 6) is 1.25. The maximum absolute atomic E-state index is 12.6. The summed E-state index contributed by atoms with van der Waals surface area (Å²) >= 11 is 0. The molecule has 6 nitrogen and oxygen atoms in total. The van der Waals surface area contributed by atoms with Gasteiger partial charge in [-0.25, -0.2) is 0 Å². The second-order valence-corrected chi connectivity index (χ2v) is 5.61. The van der Waals surface area contributed by atoms with Crippen molar-refractivity contribution < 1.29 is 13.9 Å². The van der Waals surface area contributed by atoms with Crippen LogP contribution in [-0.4, -0.2) is 23.2 Å². The maximum atomic E-state index is 12.6. The Morgan fingerprint density at radius 3 is 2.64 bits per heavy atom.